The molecule has 3 aliphatic heterocycles. The number of benzene rings is 2. The topological polar surface area (TPSA) is 67.7 Å². The molecule has 0 N–H and O–H groups in total. The second-order valence-corrected chi connectivity index (χ2v) is 13.3. The van der Waals surface area contributed by atoms with Crippen LogP contribution in [-0.2, 0) is 19.7 Å². The fourth-order valence-electron chi connectivity index (χ4n) is 8.61. The molecule has 42 heavy (non-hydrogen) atoms. The first-order chi connectivity index (χ1) is 20.4. The fraction of sp³-hybridized carbons (Fsp3) is 0.571. The Morgan fingerprint density at radius 1 is 0.905 bits per heavy atom. The highest BCUT2D eigenvalue weighted by Crippen LogP contribution is 2.50. The van der Waals surface area contributed by atoms with E-state index < -0.39 is 5.41 Å². The quantitative estimate of drug-likeness (QED) is 0.254. The van der Waals surface area contributed by atoms with Crippen molar-refractivity contribution in [2.45, 2.75) is 95.2 Å². The van der Waals surface area contributed by atoms with E-state index in [1.807, 2.05) is 11.8 Å². The molecule has 7 rings (SSSR count). The van der Waals surface area contributed by atoms with E-state index in [2.05, 4.69) is 71.0 Å². The summed E-state index contributed by atoms with van der Waals surface area (Å²) in [6, 6.07) is 21.3. The van der Waals surface area contributed by atoms with Crippen LogP contribution in [0.2, 0.25) is 0 Å². The zero-order valence-electron chi connectivity index (χ0n) is 25.1. The maximum Gasteiger partial charge on any atom is 0.321 e. The number of hydrogen-bond acceptors (Lipinski definition) is 5. The second kappa shape index (κ2) is 10.8. The molecule has 2 aromatic carbocycles. The maximum atomic E-state index is 13.5. The lowest BCUT2D eigenvalue weighted by atomic mass is 9.70. The Balaban J connectivity index is 1.05. The number of rotatable bonds is 8. The van der Waals surface area contributed by atoms with Gasteiger partial charge in [0.15, 0.2) is 0 Å². The van der Waals surface area contributed by atoms with Gasteiger partial charge in [0.1, 0.15) is 11.2 Å². The lowest BCUT2D eigenvalue weighted by Gasteiger charge is -2.46. The molecule has 4 heterocycles. The van der Waals surface area contributed by atoms with Gasteiger partial charge in [0, 0.05) is 31.2 Å². The van der Waals surface area contributed by atoms with E-state index >= 15 is 0 Å². The number of para-hydroxylation sites is 2. The molecule has 1 aromatic heterocycles. The van der Waals surface area contributed by atoms with Gasteiger partial charge in [0.2, 0.25) is 5.91 Å². The molecule has 0 radical (unpaired) electrons. The first-order valence-electron chi connectivity index (χ1n) is 16.2. The van der Waals surface area contributed by atoms with Crippen LogP contribution in [0.15, 0.2) is 54.6 Å². The Hall–Kier alpha value is -3.19. The average Bonchev–Trinajstić information content (AvgIpc) is 3.71. The van der Waals surface area contributed by atoms with Gasteiger partial charge < -0.3 is 14.2 Å². The number of likely N-dealkylation sites (tertiary alicyclic amines) is 1. The summed E-state index contributed by atoms with van der Waals surface area (Å²) in [7, 11) is 0. The molecule has 0 spiro atoms. The molecule has 7 nitrogen and oxygen atoms in total. The van der Waals surface area contributed by atoms with Crippen LogP contribution in [0.1, 0.15) is 82.1 Å². The summed E-state index contributed by atoms with van der Waals surface area (Å²) in [6.45, 7) is 6.80. The van der Waals surface area contributed by atoms with E-state index in [0.29, 0.717) is 50.7 Å². The molecule has 2 atom stereocenters. The number of piperidine rings is 2. The first kappa shape index (κ1) is 27.6. The smallest absolute Gasteiger partial charge is 0.321 e. The minimum Gasteiger partial charge on any atom is -0.465 e. The van der Waals surface area contributed by atoms with Crippen LogP contribution in [0.5, 0.6) is 0 Å². The molecule has 3 aromatic rings. The Morgan fingerprint density at radius 2 is 1.57 bits per heavy atom. The Morgan fingerprint density at radius 3 is 2.24 bits per heavy atom. The van der Waals surface area contributed by atoms with Gasteiger partial charge in [-0.1, -0.05) is 42.5 Å². The van der Waals surface area contributed by atoms with Gasteiger partial charge in [0.25, 0.3) is 0 Å². The lowest BCUT2D eigenvalue weighted by Crippen LogP contribution is -2.51. The molecular formula is C35H44N4O3. The maximum absolute atomic E-state index is 13.5. The van der Waals surface area contributed by atoms with Gasteiger partial charge in [-0.15, -0.1) is 0 Å². The number of amides is 1. The SMILES string of the molecule is CCOC(=O)C1(C(=O)N2CCC(CCN3C4CCC3CC(n3c(C)nc5ccccc53)C4)(c3ccccc3)CC2)CC1. The second-order valence-electron chi connectivity index (χ2n) is 13.3. The van der Waals surface area contributed by atoms with E-state index in [0.717, 1.165) is 37.1 Å². The number of hydrogen-bond donors (Lipinski definition) is 0. The molecule has 4 aliphatic rings. The number of nitrogens with zero attached hydrogens (tertiary/aromatic N) is 4. The van der Waals surface area contributed by atoms with Crippen molar-refractivity contribution in [1.82, 2.24) is 19.4 Å². The summed E-state index contributed by atoms with van der Waals surface area (Å²) in [4.78, 5) is 35.7. The molecule has 2 unspecified atom stereocenters. The van der Waals surface area contributed by atoms with Crippen LogP contribution in [-0.4, -0.2) is 69.6 Å². The van der Waals surface area contributed by atoms with Crippen LogP contribution >= 0.6 is 0 Å². The Bertz CT molecular complexity index is 1440. The van der Waals surface area contributed by atoms with E-state index in [-0.39, 0.29) is 17.3 Å². The van der Waals surface area contributed by atoms with Gasteiger partial charge in [-0.25, -0.2) is 4.98 Å². The molecule has 222 valence electrons. The third-order valence-electron chi connectivity index (χ3n) is 11.1. The minimum absolute atomic E-state index is 0.00922. The van der Waals surface area contributed by atoms with Gasteiger partial charge >= 0.3 is 5.97 Å². The number of esters is 1. The van der Waals surface area contributed by atoms with Crippen molar-refractivity contribution in [2.75, 3.05) is 26.2 Å². The predicted octanol–water partition coefficient (Wildman–Crippen LogP) is 5.81. The lowest BCUT2D eigenvalue weighted by molar-refractivity contribution is -0.158. The number of aryl methyl sites for hydroxylation is 1. The third kappa shape index (κ3) is 4.64. The molecule has 3 saturated heterocycles. The summed E-state index contributed by atoms with van der Waals surface area (Å²) in [5.41, 5.74) is 2.91. The van der Waals surface area contributed by atoms with Crippen LogP contribution < -0.4 is 0 Å². The van der Waals surface area contributed by atoms with Crippen LogP contribution in [0.4, 0.5) is 0 Å². The molecule has 7 heteroatoms. The van der Waals surface area contributed by atoms with Gasteiger partial charge in [0.05, 0.1) is 17.6 Å². The average molecular weight is 569 g/mol. The monoisotopic (exact) mass is 568 g/mol. The van der Waals surface area contributed by atoms with E-state index in [4.69, 9.17) is 9.72 Å². The fourth-order valence-corrected chi connectivity index (χ4v) is 8.61. The van der Waals surface area contributed by atoms with Crippen molar-refractivity contribution < 1.29 is 14.3 Å². The van der Waals surface area contributed by atoms with Crippen molar-refractivity contribution in [3.8, 4) is 0 Å². The summed E-state index contributed by atoms with van der Waals surface area (Å²) < 4.78 is 7.80. The van der Waals surface area contributed by atoms with Crippen molar-refractivity contribution >= 4 is 22.9 Å². The largest absolute Gasteiger partial charge is 0.465 e. The normalized spacial score (nSPS) is 26.3. The Kier molecular flexibility index (Phi) is 7.12. The standard InChI is InChI=1S/C35H44N4O3/c1-3-42-33(41)35(15-16-35)32(40)37-20-17-34(18-21-37,26-9-5-4-6-10-26)19-22-38-27-13-14-28(38)24-29(23-27)39-25(2)36-30-11-7-8-12-31(30)39/h4-12,27-29H,3,13-24H2,1-2H3. The van der Waals surface area contributed by atoms with Crippen LogP contribution in [0, 0.1) is 12.3 Å². The highest BCUT2D eigenvalue weighted by molar-refractivity contribution is 6.05. The van der Waals surface area contributed by atoms with E-state index in [9.17, 15) is 9.59 Å². The van der Waals surface area contributed by atoms with Crippen molar-refractivity contribution in [1.29, 1.82) is 0 Å². The number of carbonyl (C=O) groups excluding carboxylic acids is 2. The zero-order valence-corrected chi connectivity index (χ0v) is 25.1. The third-order valence-corrected chi connectivity index (χ3v) is 11.1. The van der Waals surface area contributed by atoms with Crippen molar-refractivity contribution in [2.24, 2.45) is 5.41 Å². The van der Waals surface area contributed by atoms with Crippen LogP contribution in [0.25, 0.3) is 11.0 Å². The molecule has 1 saturated carbocycles. The number of carbonyl (C=O) groups is 2. The summed E-state index contributed by atoms with van der Waals surface area (Å²) in [5, 5.41) is 0. The molecular weight excluding hydrogens is 524 g/mol. The molecule has 4 fully saturated rings. The van der Waals surface area contributed by atoms with Crippen molar-refractivity contribution in [3.63, 3.8) is 0 Å². The first-order valence-corrected chi connectivity index (χ1v) is 16.2. The van der Waals surface area contributed by atoms with Crippen LogP contribution in [0.3, 0.4) is 0 Å². The summed E-state index contributed by atoms with van der Waals surface area (Å²) in [5.74, 6) is 0.798. The van der Waals surface area contributed by atoms with E-state index in [1.54, 1.807) is 0 Å². The Labute approximate surface area is 249 Å². The van der Waals surface area contributed by atoms with Gasteiger partial charge in [-0.2, -0.15) is 0 Å². The number of fused-ring (bicyclic) bond motifs is 3. The molecule has 1 amide bonds. The van der Waals surface area contributed by atoms with Gasteiger partial charge in [-0.05, 0) is 101 Å². The van der Waals surface area contributed by atoms with Crippen molar-refractivity contribution in [3.05, 3.63) is 66.0 Å². The number of imidazole rings is 1. The number of ether oxygens (including phenoxy) is 1. The summed E-state index contributed by atoms with van der Waals surface area (Å²) in [6.07, 6.45) is 9.17. The number of aromatic nitrogens is 2. The highest BCUT2D eigenvalue weighted by Gasteiger charge is 2.60. The minimum atomic E-state index is -0.911. The molecule has 2 bridgehead atoms. The predicted molar refractivity (Wildman–Crippen MR) is 163 cm³/mol. The summed E-state index contributed by atoms with van der Waals surface area (Å²) >= 11 is 0. The highest BCUT2D eigenvalue weighted by atomic mass is 16.5. The zero-order chi connectivity index (χ0) is 28.9. The van der Waals surface area contributed by atoms with Gasteiger partial charge in [-0.3, -0.25) is 14.5 Å². The molecule has 1 aliphatic carbocycles. The van der Waals surface area contributed by atoms with E-state index in [1.165, 1.54) is 36.8 Å².